The lowest BCUT2D eigenvalue weighted by Gasteiger charge is -1.86. The van der Waals surface area contributed by atoms with Gasteiger partial charge >= 0.3 is 0 Å². The van der Waals surface area contributed by atoms with E-state index in [0.29, 0.717) is 10.9 Å². The number of thioether (sulfide) groups is 1. The molecule has 0 amide bonds. The molecule has 0 aliphatic rings. The van der Waals surface area contributed by atoms with Gasteiger partial charge in [0.15, 0.2) is 5.17 Å². The summed E-state index contributed by atoms with van der Waals surface area (Å²) in [4.78, 5) is 0. The summed E-state index contributed by atoms with van der Waals surface area (Å²) >= 11 is 1.35. The molecule has 0 atom stereocenters. The minimum Gasteiger partial charge on any atom is -0.463 e. The number of nitrogens with zero attached hydrogens (tertiary/aromatic N) is 2. The zero-order valence-electron chi connectivity index (χ0n) is 6.60. The third-order valence-corrected chi connectivity index (χ3v) is 1.59. The maximum absolute atomic E-state index is 5.38. The molecule has 1 aromatic heterocycles. The standard InChI is InChI=1S/C7H9N3OS/c1-12-7(8)10-9-5-6-3-2-4-11-6/h2-5H,1H3,(H2,8,10)/b9-5+. The fraction of sp³-hybridized carbons (Fsp3) is 0.143. The average Bonchev–Trinajstić information content (AvgIpc) is 2.57. The van der Waals surface area contributed by atoms with E-state index in [0.717, 1.165) is 0 Å². The SMILES string of the molecule is CS/C(N)=N/N=C/c1ccco1. The van der Waals surface area contributed by atoms with Crippen LogP contribution in [0.1, 0.15) is 5.76 Å². The molecule has 0 unspecified atom stereocenters. The molecule has 0 spiro atoms. The molecule has 0 saturated carbocycles. The van der Waals surface area contributed by atoms with Gasteiger partial charge in [-0.15, -0.1) is 5.10 Å². The quantitative estimate of drug-likeness (QED) is 0.427. The van der Waals surface area contributed by atoms with Crippen molar-refractivity contribution >= 4 is 23.1 Å². The first-order chi connectivity index (χ1) is 5.83. The Kier molecular flexibility index (Phi) is 3.40. The van der Waals surface area contributed by atoms with Crippen molar-refractivity contribution in [3.05, 3.63) is 24.2 Å². The van der Waals surface area contributed by atoms with E-state index >= 15 is 0 Å². The smallest absolute Gasteiger partial charge is 0.180 e. The second-order valence-electron chi connectivity index (χ2n) is 1.90. The molecular formula is C7H9N3OS. The van der Waals surface area contributed by atoms with Gasteiger partial charge in [0.2, 0.25) is 0 Å². The molecule has 0 saturated heterocycles. The summed E-state index contributed by atoms with van der Waals surface area (Å²) in [5, 5.41) is 7.82. The van der Waals surface area contributed by atoms with Crippen LogP contribution in [0, 0.1) is 0 Å². The molecule has 0 fully saturated rings. The van der Waals surface area contributed by atoms with E-state index in [1.807, 2.05) is 6.26 Å². The van der Waals surface area contributed by atoms with Gasteiger partial charge in [-0.05, 0) is 18.4 Å². The molecule has 0 aliphatic carbocycles. The Morgan fingerprint density at radius 3 is 3.17 bits per heavy atom. The molecular weight excluding hydrogens is 174 g/mol. The summed E-state index contributed by atoms with van der Waals surface area (Å²) in [5.74, 6) is 0.660. The number of nitrogens with two attached hydrogens (primary N) is 1. The van der Waals surface area contributed by atoms with Crippen molar-refractivity contribution in [3.8, 4) is 0 Å². The Morgan fingerprint density at radius 2 is 2.58 bits per heavy atom. The third-order valence-electron chi connectivity index (χ3n) is 1.09. The van der Waals surface area contributed by atoms with E-state index in [4.69, 9.17) is 10.2 Å². The van der Waals surface area contributed by atoms with Gasteiger partial charge in [-0.3, -0.25) is 0 Å². The molecule has 5 heteroatoms. The molecule has 12 heavy (non-hydrogen) atoms. The van der Waals surface area contributed by atoms with Gasteiger partial charge in [-0.2, -0.15) is 5.10 Å². The predicted molar refractivity (Wildman–Crippen MR) is 51.4 cm³/mol. The van der Waals surface area contributed by atoms with Crippen molar-refractivity contribution in [1.82, 2.24) is 0 Å². The van der Waals surface area contributed by atoms with Crippen LogP contribution in [0.15, 0.2) is 33.0 Å². The molecule has 2 N–H and O–H groups in total. The van der Waals surface area contributed by atoms with E-state index in [1.54, 1.807) is 18.4 Å². The summed E-state index contributed by atoms with van der Waals surface area (Å²) in [5.41, 5.74) is 5.38. The second kappa shape index (κ2) is 4.61. The van der Waals surface area contributed by atoms with E-state index in [9.17, 15) is 0 Å². The first kappa shape index (κ1) is 8.86. The lowest BCUT2D eigenvalue weighted by Crippen LogP contribution is -2.03. The minimum atomic E-state index is 0.429. The number of hydrogen-bond donors (Lipinski definition) is 1. The first-order valence-corrected chi connectivity index (χ1v) is 4.49. The van der Waals surface area contributed by atoms with Crippen molar-refractivity contribution in [1.29, 1.82) is 0 Å². The Bertz CT molecular complexity index is 279. The van der Waals surface area contributed by atoms with Gasteiger partial charge in [-0.1, -0.05) is 11.8 Å². The Hall–Kier alpha value is -1.23. The van der Waals surface area contributed by atoms with Crippen molar-refractivity contribution in [3.63, 3.8) is 0 Å². The maximum Gasteiger partial charge on any atom is 0.180 e. The van der Waals surface area contributed by atoms with Gasteiger partial charge in [0.1, 0.15) is 5.76 Å². The Labute approximate surface area is 74.5 Å². The first-order valence-electron chi connectivity index (χ1n) is 3.27. The van der Waals surface area contributed by atoms with Crippen molar-refractivity contribution in [2.75, 3.05) is 6.26 Å². The van der Waals surface area contributed by atoms with Crippen LogP contribution in [0.4, 0.5) is 0 Å². The molecule has 0 bridgehead atoms. The number of amidine groups is 1. The summed E-state index contributed by atoms with van der Waals surface area (Å²) in [6.45, 7) is 0. The average molecular weight is 183 g/mol. The zero-order chi connectivity index (χ0) is 8.81. The predicted octanol–water partition coefficient (Wildman–Crippen LogP) is 1.29. The zero-order valence-corrected chi connectivity index (χ0v) is 7.41. The van der Waals surface area contributed by atoms with Gasteiger partial charge < -0.3 is 10.2 Å². The van der Waals surface area contributed by atoms with Gasteiger partial charge in [0.05, 0.1) is 12.5 Å². The fourth-order valence-electron chi connectivity index (χ4n) is 0.548. The van der Waals surface area contributed by atoms with Crippen LogP contribution in [0.25, 0.3) is 0 Å². The van der Waals surface area contributed by atoms with Crippen LogP contribution < -0.4 is 5.73 Å². The summed E-state index contributed by atoms with van der Waals surface area (Å²) < 4.78 is 4.98. The van der Waals surface area contributed by atoms with Gasteiger partial charge in [0, 0.05) is 0 Å². The van der Waals surface area contributed by atoms with E-state index in [1.165, 1.54) is 18.0 Å². The summed E-state index contributed by atoms with van der Waals surface area (Å²) in [6.07, 6.45) is 4.91. The monoisotopic (exact) mass is 183 g/mol. The van der Waals surface area contributed by atoms with Crippen molar-refractivity contribution in [2.24, 2.45) is 15.9 Å². The highest BCUT2D eigenvalue weighted by Crippen LogP contribution is 1.96. The molecule has 0 aromatic carbocycles. The highest BCUT2D eigenvalue weighted by molar-refractivity contribution is 8.13. The van der Waals surface area contributed by atoms with Crippen LogP contribution in [0.5, 0.6) is 0 Å². The van der Waals surface area contributed by atoms with Gasteiger partial charge in [0.25, 0.3) is 0 Å². The second-order valence-corrected chi connectivity index (χ2v) is 2.73. The van der Waals surface area contributed by atoms with Crippen LogP contribution in [0.2, 0.25) is 0 Å². The van der Waals surface area contributed by atoms with E-state index < -0.39 is 0 Å². The molecule has 1 aromatic rings. The number of furan rings is 1. The minimum absolute atomic E-state index is 0.429. The largest absolute Gasteiger partial charge is 0.463 e. The molecule has 64 valence electrons. The number of hydrogen-bond acceptors (Lipinski definition) is 4. The normalized spacial score (nSPS) is 12.6. The number of rotatable bonds is 2. The maximum atomic E-state index is 5.38. The van der Waals surface area contributed by atoms with Crippen molar-refractivity contribution in [2.45, 2.75) is 0 Å². The van der Waals surface area contributed by atoms with E-state index in [2.05, 4.69) is 10.2 Å². The van der Waals surface area contributed by atoms with Crippen LogP contribution in [0.3, 0.4) is 0 Å². The molecule has 1 heterocycles. The lowest BCUT2D eigenvalue weighted by molar-refractivity contribution is 0.560. The molecule has 0 aliphatic heterocycles. The summed E-state index contributed by atoms with van der Waals surface area (Å²) in [7, 11) is 0. The van der Waals surface area contributed by atoms with Crippen LogP contribution in [-0.2, 0) is 0 Å². The van der Waals surface area contributed by atoms with Crippen LogP contribution >= 0.6 is 11.8 Å². The van der Waals surface area contributed by atoms with Crippen molar-refractivity contribution < 1.29 is 4.42 Å². The highest BCUT2D eigenvalue weighted by atomic mass is 32.2. The summed E-state index contributed by atoms with van der Waals surface area (Å²) in [6, 6.07) is 3.57. The van der Waals surface area contributed by atoms with E-state index in [-0.39, 0.29) is 0 Å². The van der Waals surface area contributed by atoms with Gasteiger partial charge in [-0.25, -0.2) is 0 Å². The fourth-order valence-corrected chi connectivity index (χ4v) is 0.677. The Balaban J connectivity index is 2.52. The lowest BCUT2D eigenvalue weighted by atomic mass is 10.5. The Morgan fingerprint density at radius 1 is 1.75 bits per heavy atom. The topological polar surface area (TPSA) is 63.9 Å². The molecule has 0 radical (unpaired) electrons. The highest BCUT2D eigenvalue weighted by Gasteiger charge is 1.87. The molecule has 4 nitrogen and oxygen atoms in total. The van der Waals surface area contributed by atoms with Crippen LogP contribution in [-0.4, -0.2) is 17.6 Å². The third kappa shape index (κ3) is 2.79. The molecule has 1 rings (SSSR count).